The van der Waals surface area contributed by atoms with Crippen LogP contribution in [0.3, 0.4) is 0 Å². The van der Waals surface area contributed by atoms with Gasteiger partial charge in [-0.15, -0.1) is 0 Å². The summed E-state index contributed by atoms with van der Waals surface area (Å²) >= 11 is 0. The number of hydrogen-bond donors (Lipinski definition) is 0. The number of esters is 2. The molecule has 0 atom stereocenters. The monoisotopic (exact) mass is 324 g/mol. The van der Waals surface area contributed by atoms with Crippen molar-refractivity contribution in [3.8, 4) is 5.75 Å². The van der Waals surface area contributed by atoms with E-state index in [1.807, 2.05) is 0 Å². The van der Waals surface area contributed by atoms with Gasteiger partial charge in [0, 0.05) is 0 Å². The highest BCUT2D eigenvalue weighted by Gasteiger charge is 2.41. The molecule has 0 aromatic heterocycles. The van der Waals surface area contributed by atoms with E-state index in [-0.39, 0.29) is 16.9 Å². The first kappa shape index (κ1) is 17.7. The molecule has 0 saturated carbocycles. The van der Waals surface area contributed by atoms with Crippen LogP contribution in [0.1, 0.15) is 20.7 Å². The lowest BCUT2D eigenvalue weighted by Crippen LogP contribution is -2.33. The number of hydrogen-bond acceptors (Lipinski definition) is 5. The van der Waals surface area contributed by atoms with E-state index in [2.05, 4.69) is 14.2 Å². The van der Waals surface area contributed by atoms with Crippen LogP contribution in [0.15, 0.2) is 18.2 Å². The van der Waals surface area contributed by atoms with Crippen LogP contribution in [0, 0.1) is 0 Å². The van der Waals surface area contributed by atoms with Gasteiger partial charge in [0.2, 0.25) is 0 Å². The van der Waals surface area contributed by atoms with Gasteiger partial charge < -0.3 is 14.2 Å². The molecule has 0 amide bonds. The molecule has 0 saturated heterocycles. The lowest BCUT2D eigenvalue weighted by atomic mass is 10.1. The Morgan fingerprint density at radius 2 is 1.64 bits per heavy atom. The Morgan fingerprint density at radius 1 is 1.09 bits per heavy atom. The van der Waals surface area contributed by atoms with Gasteiger partial charge in [-0.1, -0.05) is 0 Å². The van der Waals surface area contributed by atoms with Crippen molar-refractivity contribution >= 4 is 11.9 Å². The van der Waals surface area contributed by atoms with Gasteiger partial charge in [-0.05, 0) is 18.2 Å². The van der Waals surface area contributed by atoms with Crippen LogP contribution in [-0.4, -0.2) is 45.1 Å². The molecule has 5 nitrogen and oxygen atoms in total. The van der Waals surface area contributed by atoms with E-state index in [0.717, 1.165) is 32.4 Å². The Labute approximate surface area is 122 Å². The third-order valence-electron chi connectivity index (χ3n) is 2.55. The van der Waals surface area contributed by atoms with Gasteiger partial charge in [0.05, 0.1) is 25.3 Å². The maximum absolute atomic E-state index is 12.8. The molecule has 122 valence electrons. The van der Waals surface area contributed by atoms with Crippen LogP contribution >= 0.6 is 0 Å². The zero-order valence-electron chi connectivity index (χ0n) is 11.6. The lowest BCUT2D eigenvalue weighted by Gasteiger charge is -2.16. The molecule has 0 radical (unpaired) electrons. The smallest absolute Gasteiger partial charge is 0.340 e. The zero-order valence-corrected chi connectivity index (χ0v) is 11.6. The SMILES string of the molecule is COC(=O)c1ccc(OCC(F)(F)C(F)F)cc1C(=O)OC. The van der Waals surface area contributed by atoms with E-state index in [1.54, 1.807) is 0 Å². The van der Waals surface area contributed by atoms with Crippen molar-refractivity contribution in [3.63, 3.8) is 0 Å². The predicted molar refractivity (Wildman–Crippen MR) is 65.6 cm³/mol. The third kappa shape index (κ3) is 4.09. The van der Waals surface area contributed by atoms with Crippen molar-refractivity contribution in [2.75, 3.05) is 20.8 Å². The van der Waals surface area contributed by atoms with Crippen LogP contribution < -0.4 is 4.74 Å². The highest BCUT2D eigenvalue weighted by molar-refractivity contribution is 6.03. The number of ether oxygens (including phenoxy) is 3. The normalized spacial score (nSPS) is 11.2. The molecule has 0 aliphatic heterocycles. The molecule has 9 heteroatoms. The second kappa shape index (κ2) is 7.10. The maximum atomic E-state index is 12.8. The van der Waals surface area contributed by atoms with Crippen LogP contribution in [0.25, 0.3) is 0 Å². The molecule has 0 fully saturated rings. The molecule has 0 N–H and O–H groups in total. The summed E-state index contributed by atoms with van der Waals surface area (Å²) in [5.41, 5.74) is -0.477. The molecule has 0 aliphatic rings. The molecule has 0 heterocycles. The number of methoxy groups -OCH3 is 2. The minimum absolute atomic E-state index is 0.178. The minimum atomic E-state index is -4.34. The summed E-state index contributed by atoms with van der Waals surface area (Å²) in [6.45, 7) is -1.58. The van der Waals surface area contributed by atoms with Gasteiger partial charge in [-0.2, -0.15) is 8.78 Å². The quantitative estimate of drug-likeness (QED) is 0.594. The Morgan fingerprint density at radius 3 is 2.14 bits per heavy atom. The van der Waals surface area contributed by atoms with E-state index in [9.17, 15) is 27.2 Å². The number of benzene rings is 1. The first-order valence-corrected chi connectivity index (χ1v) is 5.82. The van der Waals surface area contributed by atoms with Crippen molar-refractivity contribution in [3.05, 3.63) is 29.3 Å². The van der Waals surface area contributed by atoms with E-state index in [1.165, 1.54) is 0 Å². The molecule has 0 unspecified atom stereocenters. The summed E-state index contributed by atoms with van der Waals surface area (Å²) in [6, 6.07) is 3.08. The summed E-state index contributed by atoms with van der Waals surface area (Å²) in [5.74, 6) is -6.43. The number of carbonyl (C=O) groups is 2. The fourth-order valence-electron chi connectivity index (χ4n) is 1.42. The van der Waals surface area contributed by atoms with Gasteiger partial charge in [-0.3, -0.25) is 0 Å². The third-order valence-corrected chi connectivity index (χ3v) is 2.55. The summed E-state index contributed by atoms with van der Waals surface area (Å²) in [4.78, 5) is 23.0. The summed E-state index contributed by atoms with van der Waals surface area (Å²) in [6.07, 6.45) is -3.89. The van der Waals surface area contributed by atoms with Crippen LogP contribution in [0.5, 0.6) is 5.75 Å². The minimum Gasteiger partial charge on any atom is -0.487 e. The van der Waals surface area contributed by atoms with E-state index in [0.29, 0.717) is 0 Å². The molecule has 1 aromatic carbocycles. The Balaban J connectivity index is 3.04. The average Bonchev–Trinajstić information content (AvgIpc) is 2.51. The topological polar surface area (TPSA) is 61.8 Å². The molecular formula is C13H12F4O5. The first-order valence-electron chi connectivity index (χ1n) is 5.82. The molecular weight excluding hydrogens is 312 g/mol. The number of rotatable bonds is 6. The molecule has 0 bridgehead atoms. The van der Waals surface area contributed by atoms with E-state index >= 15 is 0 Å². The van der Waals surface area contributed by atoms with Crippen LogP contribution in [0.4, 0.5) is 17.6 Å². The van der Waals surface area contributed by atoms with Crippen molar-refractivity contribution in [2.24, 2.45) is 0 Å². The zero-order chi connectivity index (χ0) is 16.9. The molecule has 0 spiro atoms. The summed E-state index contributed by atoms with van der Waals surface area (Å²) < 4.78 is 63.0. The molecule has 1 aromatic rings. The van der Waals surface area contributed by atoms with Crippen molar-refractivity contribution in [2.45, 2.75) is 12.3 Å². The summed E-state index contributed by atoms with van der Waals surface area (Å²) in [5, 5.41) is 0. The maximum Gasteiger partial charge on any atom is 0.340 e. The van der Waals surface area contributed by atoms with E-state index in [4.69, 9.17) is 0 Å². The highest BCUT2D eigenvalue weighted by Crippen LogP contribution is 2.26. The van der Waals surface area contributed by atoms with Crippen molar-refractivity contribution in [1.82, 2.24) is 0 Å². The van der Waals surface area contributed by atoms with Crippen molar-refractivity contribution < 1.29 is 41.4 Å². The molecule has 22 heavy (non-hydrogen) atoms. The van der Waals surface area contributed by atoms with E-state index < -0.39 is 30.9 Å². The second-order valence-electron chi connectivity index (χ2n) is 4.04. The summed E-state index contributed by atoms with van der Waals surface area (Å²) in [7, 11) is 2.12. The fraction of sp³-hybridized carbons (Fsp3) is 0.385. The van der Waals surface area contributed by atoms with Crippen LogP contribution in [0.2, 0.25) is 0 Å². The fourth-order valence-corrected chi connectivity index (χ4v) is 1.42. The Kier molecular flexibility index (Phi) is 5.72. The second-order valence-corrected chi connectivity index (χ2v) is 4.04. The van der Waals surface area contributed by atoms with Crippen molar-refractivity contribution in [1.29, 1.82) is 0 Å². The Bertz CT molecular complexity index is 559. The van der Waals surface area contributed by atoms with Gasteiger partial charge in [0.1, 0.15) is 5.75 Å². The average molecular weight is 324 g/mol. The number of carbonyl (C=O) groups excluding carboxylic acids is 2. The number of halogens is 4. The standard InChI is InChI=1S/C13H12F4O5/c1-20-10(18)8-4-3-7(5-9(8)11(19)21-2)22-6-13(16,17)12(14)15/h3-5,12H,6H2,1-2H3. The predicted octanol–water partition coefficient (Wildman–Crippen LogP) is 2.54. The van der Waals surface area contributed by atoms with Gasteiger partial charge >= 0.3 is 24.3 Å². The number of alkyl halides is 4. The largest absolute Gasteiger partial charge is 0.487 e. The van der Waals surface area contributed by atoms with Gasteiger partial charge in [0.15, 0.2) is 6.61 Å². The highest BCUT2D eigenvalue weighted by atomic mass is 19.3. The lowest BCUT2D eigenvalue weighted by molar-refractivity contribution is -0.148. The van der Waals surface area contributed by atoms with Gasteiger partial charge in [-0.25, -0.2) is 18.4 Å². The molecule has 1 rings (SSSR count). The van der Waals surface area contributed by atoms with Crippen LogP contribution in [-0.2, 0) is 9.47 Å². The van der Waals surface area contributed by atoms with Gasteiger partial charge in [0.25, 0.3) is 0 Å². The first-order chi connectivity index (χ1) is 10.2. The molecule has 0 aliphatic carbocycles. The Hall–Kier alpha value is -2.32.